The van der Waals surface area contributed by atoms with E-state index in [-0.39, 0.29) is 11.8 Å². The van der Waals surface area contributed by atoms with E-state index in [1.807, 2.05) is 12.1 Å². The lowest BCUT2D eigenvalue weighted by Gasteiger charge is -2.31. The first kappa shape index (κ1) is 26.2. The molecule has 0 bridgehead atoms. The quantitative estimate of drug-likeness (QED) is 0.528. The number of nitrogens with one attached hydrogen (secondary N) is 1. The number of methoxy groups -OCH3 is 2. The lowest BCUT2D eigenvalue weighted by atomic mass is 9.95. The van der Waals surface area contributed by atoms with Crippen molar-refractivity contribution in [1.82, 2.24) is 10.2 Å². The van der Waals surface area contributed by atoms with E-state index in [0.717, 1.165) is 56.9 Å². The van der Waals surface area contributed by atoms with Crippen LogP contribution in [0.2, 0.25) is 0 Å². The Morgan fingerprint density at radius 1 is 1.06 bits per heavy atom. The molecule has 1 aromatic carbocycles. The van der Waals surface area contributed by atoms with Crippen LogP contribution in [0.3, 0.4) is 0 Å². The van der Waals surface area contributed by atoms with Crippen molar-refractivity contribution in [2.75, 3.05) is 33.9 Å². The Labute approximate surface area is 183 Å². The number of carbonyl (C=O) groups is 3. The number of piperidine rings is 1. The van der Waals surface area contributed by atoms with Crippen LogP contribution in [0.15, 0.2) is 18.2 Å². The molecule has 174 valence electrons. The van der Waals surface area contributed by atoms with Crippen LogP contribution in [0.25, 0.3) is 0 Å². The van der Waals surface area contributed by atoms with Gasteiger partial charge in [0, 0.05) is 19.0 Å². The second-order valence-electron chi connectivity index (χ2n) is 7.82. The van der Waals surface area contributed by atoms with Gasteiger partial charge in [0.05, 0.1) is 14.2 Å². The van der Waals surface area contributed by atoms with Crippen LogP contribution < -0.4 is 14.8 Å². The Kier molecular flexibility index (Phi) is 11.4. The SMILES string of the molecule is COc1ccc(CN2CCC(C(=O)NCCC(C)C)CC2)cc1OC.O=C(O)C(=O)O. The number of benzene rings is 1. The van der Waals surface area contributed by atoms with E-state index in [1.165, 1.54) is 5.56 Å². The number of aliphatic carboxylic acids is 2. The summed E-state index contributed by atoms with van der Waals surface area (Å²) in [6.45, 7) is 7.94. The third-order valence-corrected chi connectivity index (χ3v) is 5.02. The van der Waals surface area contributed by atoms with Crippen LogP contribution in [0.4, 0.5) is 0 Å². The molecular formula is C22H34N2O7. The van der Waals surface area contributed by atoms with E-state index in [9.17, 15) is 4.79 Å². The zero-order chi connectivity index (χ0) is 23.4. The molecule has 0 unspecified atom stereocenters. The zero-order valence-electron chi connectivity index (χ0n) is 18.7. The molecule has 9 heteroatoms. The van der Waals surface area contributed by atoms with Gasteiger partial charge in [-0.15, -0.1) is 0 Å². The molecular weight excluding hydrogens is 404 g/mol. The Balaban J connectivity index is 0.000000703. The number of likely N-dealkylation sites (tertiary alicyclic amines) is 1. The minimum absolute atomic E-state index is 0.161. The Bertz CT molecular complexity index is 717. The molecule has 0 aromatic heterocycles. The fourth-order valence-electron chi connectivity index (χ4n) is 3.22. The number of rotatable bonds is 8. The second kappa shape index (κ2) is 13.5. The van der Waals surface area contributed by atoms with Gasteiger partial charge in [0.25, 0.3) is 0 Å². The van der Waals surface area contributed by atoms with Crippen LogP contribution in [-0.2, 0) is 20.9 Å². The van der Waals surface area contributed by atoms with Crippen molar-refractivity contribution in [3.05, 3.63) is 23.8 Å². The number of hydrogen-bond donors (Lipinski definition) is 3. The Morgan fingerprint density at radius 2 is 1.65 bits per heavy atom. The summed E-state index contributed by atoms with van der Waals surface area (Å²) in [7, 11) is 3.31. The zero-order valence-corrected chi connectivity index (χ0v) is 18.7. The normalized spacial score (nSPS) is 14.4. The first-order valence-corrected chi connectivity index (χ1v) is 10.3. The highest BCUT2D eigenvalue weighted by molar-refractivity contribution is 6.27. The van der Waals surface area contributed by atoms with Crippen molar-refractivity contribution in [3.63, 3.8) is 0 Å². The molecule has 0 atom stereocenters. The summed E-state index contributed by atoms with van der Waals surface area (Å²) >= 11 is 0. The summed E-state index contributed by atoms with van der Waals surface area (Å²) in [6.07, 6.45) is 2.91. The van der Waals surface area contributed by atoms with Gasteiger partial charge in [-0.3, -0.25) is 9.69 Å². The first-order valence-electron chi connectivity index (χ1n) is 10.3. The van der Waals surface area contributed by atoms with Gasteiger partial charge in [0.2, 0.25) is 5.91 Å². The van der Waals surface area contributed by atoms with Crippen molar-refractivity contribution in [3.8, 4) is 11.5 Å². The van der Waals surface area contributed by atoms with Crippen molar-refractivity contribution >= 4 is 17.8 Å². The van der Waals surface area contributed by atoms with E-state index in [4.69, 9.17) is 29.3 Å². The van der Waals surface area contributed by atoms with Crippen LogP contribution in [0.5, 0.6) is 11.5 Å². The maximum atomic E-state index is 12.2. The number of nitrogens with zero attached hydrogens (tertiary/aromatic N) is 1. The van der Waals surface area contributed by atoms with Gasteiger partial charge in [-0.05, 0) is 56.0 Å². The lowest BCUT2D eigenvalue weighted by Crippen LogP contribution is -2.40. The monoisotopic (exact) mass is 438 g/mol. The molecule has 1 saturated heterocycles. The summed E-state index contributed by atoms with van der Waals surface area (Å²) in [6, 6.07) is 6.05. The third-order valence-electron chi connectivity index (χ3n) is 5.02. The maximum Gasteiger partial charge on any atom is 0.414 e. The molecule has 1 heterocycles. The van der Waals surface area contributed by atoms with Gasteiger partial charge in [-0.1, -0.05) is 19.9 Å². The molecule has 1 aliphatic rings. The molecule has 1 aliphatic heterocycles. The van der Waals surface area contributed by atoms with Crippen LogP contribution >= 0.6 is 0 Å². The van der Waals surface area contributed by atoms with Crippen LogP contribution in [-0.4, -0.2) is 66.8 Å². The summed E-state index contributed by atoms with van der Waals surface area (Å²) < 4.78 is 10.7. The van der Waals surface area contributed by atoms with Gasteiger partial charge < -0.3 is 25.0 Å². The van der Waals surface area contributed by atoms with Crippen LogP contribution in [0, 0.1) is 11.8 Å². The molecule has 1 amide bonds. The summed E-state index contributed by atoms with van der Waals surface area (Å²) in [4.78, 5) is 32.8. The Hall–Kier alpha value is -2.81. The Morgan fingerprint density at radius 3 is 2.13 bits per heavy atom. The average Bonchev–Trinajstić information content (AvgIpc) is 2.74. The molecule has 3 N–H and O–H groups in total. The largest absolute Gasteiger partial charge is 0.493 e. The third kappa shape index (κ3) is 9.69. The molecule has 0 saturated carbocycles. The van der Waals surface area contributed by atoms with Gasteiger partial charge >= 0.3 is 11.9 Å². The number of carboxylic acids is 2. The minimum Gasteiger partial charge on any atom is -0.493 e. The standard InChI is InChI=1S/C20H32N2O3.C2H2O4/c1-15(2)7-10-21-20(23)17-8-11-22(12-9-17)14-16-5-6-18(24-3)19(13-16)25-4;3-1(4)2(5)6/h5-6,13,15,17H,7-12,14H2,1-4H3,(H,21,23);(H,3,4)(H,5,6). The van der Waals surface area contributed by atoms with Gasteiger partial charge in [-0.25, -0.2) is 9.59 Å². The molecule has 31 heavy (non-hydrogen) atoms. The molecule has 0 spiro atoms. The number of hydrogen-bond acceptors (Lipinski definition) is 6. The highest BCUT2D eigenvalue weighted by Gasteiger charge is 2.24. The summed E-state index contributed by atoms with van der Waals surface area (Å²) in [5.41, 5.74) is 1.21. The number of ether oxygens (including phenoxy) is 2. The topological polar surface area (TPSA) is 125 Å². The van der Waals surface area contributed by atoms with Gasteiger partial charge in [0.15, 0.2) is 11.5 Å². The van der Waals surface area contributed by atoms with Gasteiger partial charge in [0.1, 0.15) is 0 Å². The average molecular weight is 439 g/mol. The van der Waals surface area contributed by atoms with E-state index in [0.29, 0.717) is 5.92 Å². The predicted octanol–water partition coefficient (Wildman–Crippen LogP) is 2.23. The smallest absolute Gasteiger partial charge is 0.414 e. The van der Waals surface area contributed by atoms with E-state index in [1.54, 1.807) is 14.2 Å². The van der Waals surface area contributed by atoms with E-state index >= 15 is 0 Å². The van der Waals surface area contributed by atoms with Crippen molar-refractivity contribution in [1.29, 1.82) is 0 Å². The maximum absolute atomic E-state index is 12.2. The summed E-state index contributed by atoms with van der Waals surface area (Å²) in [5.74, 6) is -1.11. The van der Waals surface area contributed by atoms with Crippen molar-refractivity contribution in [2.45, 2.75) is 39.7 Å². The minimum atomic E-state index is -1.82. The van der Waals surface area contributed by atoms with Crippen LogP contribution in [0.1, 0.15) is 38.7 Å². The number of amides is 1. The first-order chi connectivity index (χ1) is 14.7. The predicted molar refractivity (Wildman–Crippen MR) is 115 cm³/mol. The fourth-order valence-corrected chi connectivity index (χ4v) is 3.22. The fraction of sp³-hybridized carbons (Fsp3) is 0.591. The van der Waals surface area contributed by atoms with Gasteiger partial charge in [-0.2, -0.15) is 0 Å². The molecule has 0 aliphatic carbocycles. The van der Waals surface area contributed by atoms with Crippen molar-refractivity contribution < 1.29 is 34.1 Å². The number of carboxylic acid groups (broad SMARTS) is 2. The molecule has 9 nitrogen and oxygen atoms in total. The van der Waals surface area contributed by atoms with E-state index in [2.05, 4.69) is 30.1 Å². The molecule has 1 aromatic rings. The molecule has 2 rings (SSSR count). The summed E-state index contributed by atoms with van der Waals surface area (Å²) in [5, 5.41) is 17.9. The molecule has 1 fully saturated rings. The highest BCUT2D eigenvalue weighted by Crippen LogP contribution is 2.28. The number of carbonyl (C=O) groups excluding carboxylic acids is 1. The lowest BCUT2D eigenvalue weighted by molar-refractivity contribution is -0.159. The highest BCUT2D eigenvalue weighted by atomic mass is 16.5. The van der Waals surface area contributed by atoms with E-state index < -0.39 is 11.9 Å². The van der Waals surface area contributed by atoms with Crippen molar-refractivity contribution in [2.24, 2.45) is 11.8 Å². The molecule has 0 radical (unpaired) electrons. The second-order valence-corrected chi connectivity index (χ2v) is 7.82.